The van der Waals surface area contributed by atoms with Gasteiger partial charge in [-0.05, 0) is 85.7 Å². The first-order valence-electron chi connectivity index (χ1n) is 12.3. The van der Waals surface area contributed by atoms with Crippen molar-refractivity contribution in [3.8, 4) is 5.75 Å². The minimum atomic E-state index is -0.191. The summed E-state index contributed by atoms with van der Waals surface area (Å²) in [6.07, 6.45) is 1.03. The molecule has 2 aromatic rings. The molecule has 0 saturated carbocycles. The Morgan fingerprint density at radius 1 is 1.12 bits per heavy atom. The smallest absolute Gasteiger partial charge is 0.322 e. The van der Waals surface area contributed by atoms with Gasteiger partial charge >= 0.3 is 6.03 Å². The van der Waals surface area contributed by atoms with Crippen molar-refractivity contribution >= 4 is 11.7 Å². The number of anilines is 1. The molecule has 1 N–H and O–H groups in total. The van der Waals surface area contributed by atoms with Crippen LogP contribution in [0.1, 0.15) is 71.0 Å². The van der Waals surface area contributed by atoms with Crippen LogP contribution in [0, 0.1) is 19.8 Å². The number of ether oxygens (including phenoxy) is 1. The highest BCUT2D eigenvalue weighted by molar-refractivity contribution is 5.90. The first-order valence-corrected chi connectivity index (χ1v) is 12.3. The van der Waals surface area contributed by atoms with Gasteiger partial charge in [-0.3, -0.25) is 4.68 Å². The van der Waals surface area contributed by atoms with E-state index in [4.69, 9.17) is 4.74 Å². The summed E-state index contributed by atoms with van der Waals surface area (Å²) in [6, 6.07) is 8.17. The van der Waals surface area contributed by atoms with Gasteiger partial charge in [-0.25, -0.2) is 4.79 Å². The highest BCUT2D eigenvalue weighted by Gasteiger charge is 2.28. The van der Waals surface area contributed by atoms with E-state index in [1.807, 2.05) is 61.8 Å². The van der Waals surface area contributed by atoms with E-state index in [2.05, 4.69) is 56.9 Å². The molecule has 34 heavy (non-hydrogen) atoms. The summed E-state index contributed by atoms with van der Waals surface area (Å²) in [4.78, 5) is 17.5. The number of urea groups is 1. The lowest BCUT2D eigenvalue weighted by Crippen LogP contribution is -2.50. The zero-order valence-electron chi connectivity index (χ0n) is 22.9. The summed E-state index contributed by atoms with van der Waals surface area (Å²) in [5, 5.41) is 7.76. The second-order valence-corrected chi connectivity index (χ2v) is 10.8. The van der Waals surface area contributed by atoms with Crippen LogP contribution < -0.4 is 10.1 Å². The summed E-state index contributed by atoms with van der Waals surface area (Å²) in [7, 11) is 4.08. The number of amides is 2. The fourth-order valence-corrected chi connectivity index (χ4v) is 3.66. The zero-order valence-corrected chi connectivity index (χ0v) is 22.9. The summed E-state index contributed by atoms with van der Waals surface area (Å²) in [6.45, 7) is 18.6. The lowest BCUT2D eigenvalue weighted by Gasteiger charge is -2.37. The maximum Gasteiger partial charge on any atom is 0.322 e. The highest BCUT2D eigenvalue weighted by atomic mass is 16.5. The van der Waals surface area contributed by atoms with Crippen LogP contribution in [0.2, 0.25) is 0 Å². The Morgan fingerprint density at radius 2 is 1.74 bits per heavy atom. The minimum Gasteiger partial charge on any atom is -0.494 e. The number of nitrogens with zero attached hydrogens (tertiary/aromatic N) is 4. The number of hydrogen-bond acceptors (Lipinski definition) is 4. The van der Waals surface area contributed by atoms with E-state index in [0.717, 1.165) is 34.8 Å². The molecule has 1 aromatic carbocycles. The van der Waals surface area contributed by atoms with Crippen LogP contribution in [-0.4, -0.2) is 58.4 Å². The topological polar surface area (TPSA) is 62.6 Å². The van der Waals surface area contributed by atoms with Gasteiger partial charge in [0.2, 0.25) is 0 Å². The average Bonchev–Trinajstić information content (AvgIpc) is 3.02. The predicted molar refractivity (Wildman–Crippen MR) is 141 cm³/mol. The maximum atomic E-state index is 13.5. The molecule has 0 aliphatic heterocycles. The number of carbonyl (C=O) groups is 1. The van der Waals surface area contributed by atoms with E-state index in [9.17, 15) is 4.79 Å². The van der Waals surface area contributed by atoms with Gasteiger partial charge in [0.25, 0.3) is 0 Å². The van der Waals surface area contributed by atoms with Gasteiger partial charge in [0, 0.05) is 24.7 Å². The van der Waals surface area contributed by atoms with Crippen LogP contribution >= 0.6 is 0 Å². The van der Waals surface area contributed by atoms with Crippen LogP contribution in [0.5, 0.6) is 5.75 Å². The molecule has 0 spiro atoms. The molecule has 7 heteroatoms. The van der Waals surface area contributed by atoms with Crippen LogP contribution in [0.15, 0.2) is 24.3 Å². The Bertz CT molecular complexity index is 929. The van der Waals surface area contributed by atoms with Gasteiger partial charge in [0.05, 0.1) is 23.7 Å². The predicted octanol–water partition coefficient (Wildman–Crippen LogP) is 5.88. The number of aromatic nitrogens is 2. The molecule has 2 rings (SSSR count). The fourth-order valence-electron chi connectivity index (χ4n) is 3.66. The normalized spacial score (nSPS) is 12.0. The lowest BCUT2D eigenvalue weighted by molar-refractivity contribution is 0.129. The van der Waals surface area contributed by atoms with Gasteiger partial charge < -0.3 is 19.9 Å². The van der Waals surface area contributed by atoms with Crippen molar-refractivity contribution in [3.05, 3.63) is 41.2 Å². The highest BCUT2D eigenvalue weighted by Crippen LogP contribution is 2.24. The first kappa shape index (κ1) is 27.7. The number of hydrogen-bond donors (Lipinski definition) is 1. The number of benzene rings is 1. The SMILES string of the molecule is Cc1nn(C(C)C)c(C)c1NC(=O)N(Cc1ccc(OCCC(C)C)cc1)CC(C)(C)N(C)C. The maximum absolute atomic E-state index is 13.5. The minimum absolute atomic E-state index is 0.123. The van der Waals surface area contributed by atoms with Gasteiger partial charge in [-0.2, -0.15) is 5.10 Å². The first-order chi connectivity index (χ1) is 15.8. The third-order valence-corrected chi connectivity index (χ3v) is 6.38. The monoisotopic (exact) mass is 471 g/mol. The number of nitrogens with one attached hydrogen (secondary N) is 1. The summed E-state index contributed by atoms with van der Waals surface area (Å²) >= 11 is 0. The van der Waals surface area contributed by atoms with Crippen molar-refractivity contribution in [2.45, 2.75) is 79.9 Å². The van der Waals surface area contributed by atoms with Crippen molar-refractivity contribution in [3.63, 3.8) is 0 Å². The Hall–Kier alpha value is -2.54. The van der Waals surface area contributed by atoms with E-state index in [-0.39, 0.29) is 17.6 Å². The molecule has 0 fully saturated rings. The lowest BCUT2D eigenvalue weighted by atomic mass is 10.0. The Kier molecular flexibility index (Phi) is 9.56. The van der Waals surface area contributed by atoms with E-state index in [1.165, 1.54) is 0 Å². The molecule has 0 atom stereocenters. The number of carbonyl (C=O) groups excluding carboxylic acids is 1. The van der Waals surface area contributed by atoms with E-state index in [0.29, 0.717) is 25.6 Å². The fraction of sp³-hybridized carbons (Fsp3) is 0.630. The molecule has 0 saturated heterocycles. The summed E-state index contributed by atoms with van der Waals surface area (Å²) in [5.41, 5.74) is 3.46. The van der Waals surface area contributed by atoms with Gasteiger partial charge in [0.15, 0.2) is 0 Å². The van der Waals surface area contributed by atoms with Crippen molar-refractivity contribution < 1.29 is 9.53 Å². The molecule has 0 bridgehead atoms. The summed E-state index contributed by atoms with van der Waals surface area (Å²) in [5.74, 6) is 1.48. The summed E-state index contributed by atoms with van der Waals surface area (Å²) < 4.78 is 7.81. The number of rotatable bonds is 11. The molecule has 0 unspecified atom stereocenters. The van der Waals surface area contributed by atoms with Gasteiger partial charge in [0.1, 0.15) is 5.75 Å². The van der Waals surface area contributed by atoms with Crippen LogP contribution in [0.25, 0.3) is 0 Å². The second-order valence-electron chi connectivity index (χ2n) is 10.8. The zero-order chi connectivity index (χ0) is 25.6. The molecule has 7 nitrogen and oxygen atoms in total. The van der Waals surface area contributed by atoms with Crippen LogP contribution in [-0.2, 0) is 6.54 Å². The Morgan fingerprint density at radius 3 is 2.24 bits per heavy atom. The molecule has 0 aliphatic carbocycles. The molecule has 2 amide bonds. The van der Waals surface area contributed by atoms with Gasteiger partial charge in [-0.15, -0.1) is 0 Å². The number of aryl methyl sites for hydroxylation is 1. The van der Waals surface area contributed by atoms with Crippen LogP contribution in [0.4, 0.5) is 10.5 Å². The molecule has 0 radical (unpaired) electrons. The van der Waals surface area contributed by atoms with E-state index < -0.39 is 0 Å². The molecule has 190 valence electrons. The molecule has 1 heterocycles. The quantitative estimate of drug-likeness (QED) is 0.444. The van der Waals surface area contributed by atoms with Crippen LogP contribution in [0.3, 0.4) is 0 Å². The van der Waals surface area contributed by atoms with E-state index in [1.54, 1.807) is 0 Å². The molecular formula is C27H45N5O2. The Labute approximate surface area is 206 Å². The average molecular weight is 472 g/mol. The van der Waals surface area contributed by atoms with Gasteiger partial charge in [-0.1, -0.05) is 26.0 Å². The van der Waals surface area contributed by atoms with Crippen molar-refractivity contribution in [2.75, 3.05) is 32.6 Å². The molecule has 0 aliphatic rings. The Balaban J connectivity index is 2.21. The van der Waals surface area contributed by atoms with E-state index >= 15 is 0 Å². The third-order valence-electron chi connectivity index (χ3n) is 6.38. The standard InChI is InChI=1S/C27H45N5O2/c1-19(2)15-16-34-24-13-11-23(12-14-24)17-31(18-27(7,8)30(9)10)26(33)28-25-21(5)29-32(20(3)4)22(25)6/h11-14,19-20H,15-18H2,1-10H3,(H,28,33). The third kappa shape index (κ3) is 7.49. The largest absolute Gasteiger partial charge is 0.494 e. The number of likely N-dealkylation sites (N-methyl/N-ethyl adjacent to an activating group) is 1. The molecular weight excluding hydrogens is 426 g/mol. The van der Waals surface area contributed by atoms with Crippen molar-refractivity contribution in [2.24, 2.45) is 5.92 Å². The second kappa shape index (κ2) is 11.7. The van der Waals surface area contributed by atoms with Crippen molar-refractivity contribution in [1.82, 2.24) is 19.6 Å². The van der Waals surface area contributed by atoms with Crippen molar-refractivity contribution in [1.29, 1.82) is 0 Å². The molecule has 1 aromatic heterocycles.